The molecule has 1 N–H and O–H groups in total. The van der Waals surface area contributed by atoms with Crippen LogP contribution >= 0.6 is 0 Å². The Morgan fingerprint density at radius 3 is 2.20 bits per heavy atom. The third-order valence-electron chi connectivity index (χ3n) is 3.73. The standard InChI is InChI=1S/C9H16O/c1-5-6-4-7(6)9(2,3)8(5)10/h5-8,10H,4H2,1-3H3. The van der Waals surface area contributed by atoms with Crippen molar-refractivity contribution in [3.63, 3.8) is 0 Å². The Labute approximate surface area is 62.4 Å². The minimum absolute atomic E-state index is 0.0451. The molecule has 4 atom stereocenters. The van der Waals surface area contributed by atoms with E-state index in [-0.39, 0.29) is 11.5 Å². The van der Waals surface area contributed by atoms with Crippen LogP contribution in [0.4, 0.5) is 0 Å². The summed E-state index contributed by atoms with van der Waals surface area (Å²) in [6.45, 7) is 6.59. The molecule has 0 aliphatic heterocycles. The molecule has 1 heteroatoms. The number of rotatable bonds is 0. The van der Waals surface area contributed by atoms with Crippen molar-refractivity contribution in [2.75, 3.05) is 0 Å². The predicted molar refractivity (Wildman–Crippen MR) is 40.5 cm³/mol. The van der Waals surface area contributed by atoms with E-state index in [2.05, 4.69) is 20.8 Å². The van der Waals surface area contributed by atoms with Crippen molar-refractivity contribution < 1.29 is 5.11 Å². The van der Waals surface area contributed by atoms with Gasteiger partial charge in [-0.3, -0.25) is 0 Å². The second-order valence-corrected chi connectivity index (χ2v) is 4.63. The van der Waals surface area contributed by atoms with Crippen LogP contribution in [0.5, 0.6) is 0 Å². The molecule has 0 spiro atoms. The molecule has 0 radical (unpaired) electrons. The van der Waals surface area contributed by atoms with Gasteiger partial charge >= 0.3 is 0 Å². The fraction of sp³-hybridized carbons (Fsp3) is 1.00. The van der Waals surface area contributed by atoms with Crippen LogP contribution in [-0.4, -0.2) is 11.2 Å². The molecular weight excluding hydrogens is 124 g/mol. The van der Waals surface area contributed by atoms with Crippen molar-refractivity contribution in [2.45, 2.75) is 33.3 Å². The lowest BCUT2D eigenvalue weighted by Crippen LogP contribution is -2.30. The highest BCUT2D eigenvalue weighted by atomic mass is 16.3. The molecule has 0 bridgehead atoms. The normalized spacial score (nSPS) is 56.4. The zero-order chi connectivity index (χ0) is 7.52. The molecule has 2 aliphatic carbocycles. The van der Waals surface area contributed by atoms with Crippen molar-refractivity contribution in [3.8, 4) is 0 Å². The quantitative estimate of drug-likeness (QED) is 0.542. The van der Waals surface area contributed by atoms with Crippen LogP contribution < -0.4 is 0 Å². The largest absolute Gasteiger partial charge is 0.392 e. The van der Waals surface area contributed by atoms with Crippen molar-refractivity contribution >= 4 is 0 Å². The maximum Gasteiger partial charge on any atom is 0.0622 e. The van der Waals surface area contributed by atoms with Gasteiger partial charge in [-0.05, 0) is 29.6 Å². The summed E-state index contributed by atoms with van der Waals surface area (Å²) < 4.78 is 0. The lowest BCUT2D eigenvalue weighted by atomic mass is 9.82. The van der Waals surface area contributed by atoms with Crippen molar-refractivity contribution in [2.24, 2.45) is 23.2 Å². The Hall–Kier alpha value is -0.0400. The predicted octanol–water partition coefficient (Wildman–Crippen LogP) is 1.66. The maximum atomic E-state index is 9.73. The molecular formula is C9H16O. The summed E-state index contributed by atoms with van der Waals surface area (Å²) in [5.74, 6) is 2.24. The number of hydrogen-bond donors (Lipinski definition) is 1. The van der Waals surface area contributed by atoms with E-state index in [0.717, 1.165) is 11.8 Å². The van der Waals surface area contributed by atoms with Crippen LogP contribution in [0.2, 0.25) is 0 Å². The van der Waals surface area contributed by atoms with Gasteiger partial charge in [0, 0.05) is 0 Å². The summed E-state index contributed by atoms with van der Waals surface area (Å²) >= 11 is 0. The Kier molecular flexibility index (Phi) is 1.05. The summed E-state index contributed by atoms with van der Waals surface area (Å²) in [5, 5.41) is 9.73. The smallest absolute Gasteiger partial charge is 0.0622 e. The number of aliphatic hydroxyl groups excluding tert-OH is 1. The fourth-order valence-electron chi connectivity index (χ4n) is 2.78. The van der Waals surface area contributed by atoms with Gasteiger partial charge in [0.15, 0.2) is 0 Å². The van der Waals surface area contributed by atoms with E-state index in [1.54, 1.807) is 0 Å². The van der Waals surface area contributed by atoms with Gasteiger partial charge in [-0.2, -0.15) is 0 Å². The maximum absolute atomic E-state index is 9.73. The Bertz CT molecular complexity index is 160. The van der Waals surface area contributed by atoms with Crippen LogP contribution in [-0.2, 0) is 0 Å². The highest BCUT2D eigenvalue weighted by molar-refractivity contribution is 5.10. The van der Waals surface area contributed by atoms with Crippen molar-refractivity contribution in [1.29, 1.82) is 0 Å². The van der Waals surface area contributed by atoms with Gasteiger partial charge in [0.2, 0.25) is 0 Å². The summed E-state index contributed by atoms with van der Waals surface area (Å²) in [6.07, 6.45) is 1.32. The van der Waals surface area contributed by atoms with E-state index in [1.165, 1.54) is 6.42 Å². The molecule has 10 heavy (non-hydrogen) atoms. The van der Waals surface area contributed by atoms with E-state index in [4.69, 9.17) is 0 Å². The first-order valence-corrected chi connectivity index (χ1v) is 4.23. The second kappa shape index (κ2) is 1.58. The topological polar surface area (TPSA) is 20.2 Å². The van der Waals surface area contributed by atoms with Crippen molar-refractivity contribution in [3.05, 3.63) is 0 Å². The lowest BCUT2D eigenvalue weighted by molar-refractivity contribution is 0.0273. The molecule has 0 aromatic rings. The van der Waals surface area contributed by atoms with E-state index in [1.807, 2.05) is 0 Å². The first-order chi connectivity index (χ1) is 4.55. The second-order valence-electron chi connectivity index (χ2n) is 4.63. The van der Waals surface area contributed by atoms with Gasteiger partial charge in [-0.25, -0.2) is 0 Å². The molecule has 1 nitrogen and oxygen atoms in total. The number of fused-ring (bicyclic) bond motifs is 1. The average Bonchev–Trinajstić information content (AvgIpc) is 2.58. The van der Waals surface area contributed by atoms with Crippen molar-refractivity contribution in [1.82, 2.24) is 0 Å². The summed E-state index contributed by atoms with van der Waals surface area (Å²) in [4.78, 5) is 0. The Balaban J connectivity index is 2.24. The van der Waals surface area contributed by atoms with Gasteiger partial charge in [0.25, 0.3) is 0 Å². The third-order valence-corrected chi connectivity index (χ3v) is 3.73. The minimum atomic E-state index is -0.0451. The van der Waals surface area contributed by atoms with Gasteiger partial charge in [0.05, 0.1) is 6.10 Å². The Morgan fingerprint density at radius 1 is 1.40 bits per heavy atom. The molecule has 2 fully saturated rings. The average molecular weight is 140 g/mol. The molecule has 0 heterocycles. The molecule has 0 saturated heterocycles. The Morgan fingerprint density at radius 2 is 2.00 bits per heavy atom. The highest BCUT2D eigenvalue weighted by Gasteiger charge is 2.61. The first-order valence-electron chi connectivity index (χ1n) is 4.23. The molecule has 0 aromatic heterocycles. The fourth-order valence-corrected chi connectivity index (χ4v) is 2.78. The van der Waals surface area contributed by atoms with E-state index < -0.39 is 0 Å². The molecule has 2 aliphatic rings. The molecule has 0 amide bonds. The summed E-state index contributed by atoms with van der Waals surface area (Å²) in [5.41, 5.74) is 0.212. The molecule has 58 valence electrons. The molecule has 0 aromatic carbocycles. The third kappa shape index (κ3) is 0.572. The monoisotopic (exact) mass is 140 g/mol. The molecule has 2 saturated carbocycles. The van der Waals surface area contributed by atoms with Crippen LogP contribution in [0.1, 0.15) is 27.2 Å². The van der Waals surface area contributed by atoms with Gasteiger partial charge < -0.3 is 5.11 Å². The summed E-state index contributed by atoms with van der Waals surface area (Å²) in [6, 6.07) is 0. The first kappa shape index (κ1) is 6.66. The van der Waals surface area contributed by atoms with E-state index in [0.29, 0.717) is 5.92 Å². The number of aliphatic hydroxyl groups is 1. The van der Waals surface area contributed by atoms with E-state index in [9.17, 15) is 5.11 Å². The SMILES string of the molecule is CC1C2CC2C(C)(C)C1O. The number of hydrogen-bond acceptors (Lipinski definition) is 1. The van der Waals surface area contributed by atoms with Crippen LogP contribution in [0, 0.1) is 23.2 Å². The van der Waals surface area contributed by atoms with Crippen LogP contribution in [0.15, 0.2) is 0 Å². The minimum Gasteiger partial charge on any atom is -0.392 e. The van der Waals surface area contributed by atoms with Gasteiger partial charge in [-0.1, -0.05) is 20.8 Å². The van der Waals surface area contributed by atoms with Gasteiger partial charge in [0.1, 0.15) is 0 Å². The zero-order valence-corrected chi connectivity index (χ0v) is 6.96. The van der Waals surface area contributed by atoms with Crippen LogP contribution in [0.25, 0.3) is 0 Å². The summed E-state index contributed by atoms with van der Waals surface area (Å²) in [7, 11) is 0. The van der Waals surface area contributed by atoms with Crippen LogP contribution in [0.3, 0.4) is 0 Å². The molecule has 2 rings (SSSR count). The highest BCUT2D eigenvalue weighted by Crippen LogP contribution is 2.64. The van der Waals surface area contributed by atoms with E-state index >= 15 is 0 Å². The molecule has 4 unspecified atom stereocenters. The van der Waals surface area contributed by atoms with Gasteiger partial charge in [-0.15, -0.1) is 0 Å². The lowest BCUT2D eigenvalue weighted by Gasteiger charge is -2.28. The zero-order valence-electron chi connectivity index (χ0n) is 6.96.